The minimum absolute atomic E-state index is 0.641. The number of thioether (sulfide) groups is 1. The van der Waals surface area contributed by atoms with Gasteiger partial charge in [0.15, 0.2) is 0 Å². The van der Waals surface area contributed by atoms with Crippen LogP contribution in [0, 0.1) is 17.3 Å². The monoisotopic (exact) mass is 282 g/mol. The van der Waals surface area contributed by atoms with Crippen LogP contribution in [0.1, 0.15) is 85.0 Å². The van der Waals surface area contributed by atoms with E-state index in [9.17, 15) is 0 Å². The summed E-state index contributed by atoms with van der Waals surface area (Å²) in [7, 11) is 0. The fourth-order valence-corrected chi connectivity index (χ4v) is 5.87. The maximum absolute atomic E-state index is 2.62. The molecule has 1 saturated heterocycles. The highest BCUT2D eigenvalue weighted by Crippen LogP contribution is 2.48. The molecular formula is C18H34S. The molecule has 1 aliphatic carbocycles. The van der Waals surface area contributed by atoms with Crippen LogP contribution in [-0.2, 0) is 0 Å². The average molecular weight is 283 g/mol. The summed E-state index contributed by atoms with van der Waals surface area (Å²) in [4.78, 5) is 0. The maximum Gasteiger partial charge on any atom is 0.0104 e. The number of rotatable bonds is 2. The largest absolute Gasteiger partial charge is 0.158 e. The summed E-state index contributed by atoms with van der Waals surface area (Å²) in [6, 6.07) is 0. The van der Waals surface area contributed by atoms with Gasteiger partial charge in [0.05, 0.1) is 0 Å². The van der Waals surface area contributed by atoms with Gasteiger partial charge < -0.3 is 0 Å². The summed E-state index contributed by atoms with van der Waals surface area (Å²) in [6.45, 7) is 7.49. The van der Waals surface area contributed by atoms with Gasteiger partial charge in [0.2, 0.25) is 0 Å². The lowest BCUT2D eigenvalue weighted by Gasteiger charge is -2.43. The Balaban J connectivity index is 1.98. The standard InChI is InChI=1S/C18H34S/c1-15(2)16-10-13-19-17(14-16)18(3)11-8-6-4-5-7-9-12-18/h15-17H,4-14H2,1-3H3. The van der Waals surface area contributed by atoms with Crippen LogP contribution in [0.3, 0.4) is 0 Å². The molecule has 0 radical (unpaired) electrons. The normalized spacial score (nSPS) is 33.5. The molecule has 0 aromatic carbocycles. The van der Waals surface area contributed by atoms with E-state index >= 15 is 0 Å². The van der Waals surface area contributed by atoms with Crippen molar-refractivity contribution in [1.82, 2.24) is 0 Å². The van der Waals surface area contributed by atoms with Crippen LogP contribution >= 0.6 is 11.8 Å². The molecule has 112 valence electrons. The van der Waals surface area contributed by atoms with Crippen molar-refractivity contribution in [2.45, 2.75) is 90.2 Å². The van der Waals surface area contributed by atoms with E-state index in [1.54, 1.807) is 0 Å². The minimum atomic E-state index is 0.641. The lowest BCUT2D eigenvalue weighted by molar-refractivity contribution is 0.204. The Bertz CT molecular complexity index is 248. The van der Waals surface area contributed by atoms with Crippen LogP contribution in [-0.4, -0.2) is 11.0 Å². The molecule has 1 heteroatoms. The van der Waals surface area contributed by atoms with Crippen LogP contribution < -0.4 is 0 Å². The van der Waals surface area contributed by atoms with Crippen LogP contribution in [0.2, 0.25) is 0 Å². The molecule has 19 heavy (non-hydrogen) atoms. The molecule has 2 aliphatic rings. The van der Waals surface area contributed by atoms with Gasteiger partial charge in [-0.2, -0.15) is 11.8 Å². The summed E-state index contributed by atoms with van der Waals surface area (Å²) in [5.74, 6) is 3.31. The van der Waals surface area contributed by atoms with Crippen LogP contribution in [0.25, 0.3) is 0 Å². The zero-order valence-corrected chi connectivity index (χ0v) is 14.2. The van der Waals surface area contributed by atoms with Gasteiger partial charge in [-0.05, 0) is 48.7 Å². The average Bonchev–Trinajstić information content (AvgIpc) is 2.52. The van der Waals surface area contributed by atoms with Crippen LogP contribution in [0.15, 0.2) is 0 Å². The molecule has 2 rings (SSSR count). The topological polar surface area (TPSA) is 0 Å². The Morgan fingerprint density at radius 3 is 2.11 bits per heavy atom. The van der Waals surface area contributed by atoms with Crippen LogP contribution in [0.4, 0.5) is 0 Å². The van der Waals surface area contributed by atoms with Crippen molar-refractivity contribution in [3.63, 3.8) is 0 Å². The molecule has 0 nitrogen and oxygen atoms in total. The molecule has 1 heterocycles. The van der Waals surface area contributed by atoms with E-state index in [1.807, 2.05) is 0 Å². The van der Waals surface area contributed by atoms with Gasteiger partial charge in [-0.15, -0.1) is 0 Å². The van der Waals surface area contributed by atoms with Gasteiger partial charge in [0, 0.05) is 5.25 Å². The van der Waals surface area contributed by atoms with E-state index in [1.165, 1.54) is 70.0 Å². The third-order valence-corrected chi connectivity index (χ3v) is 7.43. The predicted octanol–water partition coefficient (Wildman–Crippen LogP) is 6.29. The van der Waals surface area contributed by atoms with Gasteiger partial charge in [-0.3, -0.25) is 0 Å². The molecule has 0 aromatic rings. The first kappa shape index (κ1) is 15.7. The van der Waals surface area contributed by atoms with E-state index in [4.69, 9.17) is 0 Å². The summed E-state index contributed by atoms with van der Waals surface area (Å²) in [5.41, 5.74) is 0.641. The van der Waals surface area contributed by atoms with Gasteiger partial charge in [-0.1, -0.05) is 59.3 Å². The molecule has 2 fully saturated rings. The molecule has 0 bridgehead atoms. The van der Waals surface area contributed by atoms with E-state index in [-0.39, 0.29) is 0 Å². The number of hydrogen-bond donors (Lipinski definition) is 0. The summed E-state index contributed by atoms with van der Waals surface area (Å²) in [6.07, 6.45) is 14.9. The molecule has 2 unspecified atom stereocenters. The van der Waals surface area contributed by atoms with Gasteiger partial charge in [0.25, 0.3) is 0 Å². The SMILES string of the molecule is CC(C)C1CCSC(C2(C)CCCCCCCC2)C1. The first-order valence-electron chi connectivity index (χ1n) is 8.73. The Morgan fingerprint density at radius 1 is 0.947 bits per heavy atom. The Hall–Kier alpha value is 0.350. The van der Waals surface area contributed by atoms with Gasteiger partial charge >= 0.3 is 0 Å². The first-order valence-corrected chi connectivity index (χ1v) is 9.78. The molecule has 0 amide bonds. The van der Waals surface area contributed by atoms with Gasteiger partial charge in [-0.25, -0.2) is 0 Å². The highest BCUT2D eigenvalue weighted by Gasteiger charge is 2.37. The lowest BCUT2D eigenvalue weighted by atomic mass is 9.73. The fraction of sp³-hybridized carbons (Fsp3) is 1.00. The van der Waals surface area contributed by atoms with E-state index in [0.717, 1.165) is 17.1 Å². The zero-order valence-electron chi connectivity index (χ0n) is 13.4. The molecule has 0 spiro atoms. The molecular weight excluding hydrogens is 248 g/mol. The van der Waals surface area contributed by atoms with E-state index in [0.29, 0.717) is 5.41 Å². The van der Waals surface area contributed by atoms with Crippen LogP contribution in [0.5, 0.6) is 0 Å². The first-order chi connectivity index (χ1) is 9.12. The third-order valence-electron chi connectivity index (χ3n) is 5.79. The maximum atomic E-state index is 2.62. The van der Waals surface area contributed by atoms with Crippen molar-refractivity contribution in [2.24, 2.45) is 17.3 Å². The van der Waals surface area contributed by atoms with Crippen molar-refractivity contribution in [2.75, 3.05) is 5.75 Å². The zero-order chi connectivity index (χ0) is 13.7. The second kappa shape index (κ2) is 7.38. The van der Waals surface area contributed by atoms with Crippen molar-refractivity contribution < 1.29 is 0 Å². The van der Waals surface area contributed by atoms with E-state index < -0.39 is 0 Å². The Kier molecular flexibility index (Phi) is 6.11. The lowest BCUT2D eigenvalue weighted by Crippen LogP contribution is -2.36. The highest BCUT2D eigenvalue weighted by molar-refractivity contribution is 8.00. The van der Waals surface area contributed by atoms with E-state index in [2.05, 4.69) is 32.5 Å². The summed E-state index contributed by atoms with van der Waals surface area (Å²) < 4.78 is 0. The molecule has 1 saturated carbocycles. The number of hydrogen-bond acceptors (Lipinski definition) is 1. The quantitative estimate of drug-likeness (QED) is 0.573. The molecule has 1 aliphatic heterocycles. The van der Waals surface area contributed by atoms with Crippen molar-refractivity contribution in [3.8, 4) is 0 Å². The molecule has 2 atom stereocenters. The fourth-order valence-electron chi connectivity index (χ4n) is 4.13. The summed E-state index contributed by atoms with van der Waals surface area (Å²) in [5, 5.41) is 0.951. The smallest absolute Gasteiger partial charge is 0.0104 e. The second-order valence-corrected chi connectivity index (χ2v) is 8.97. The third kappa shape index (κ3) is 4.41. The van der Waals surface area contributed by atoms with Gasteiger partial charge in [0.1, 0.15) is 0 Å². The predicted molar refractivity (Wildman–Crippen MR) is 88.9 cm³/mol. The van der Waals surface area contributed by atoms with Crippen molar-refractivity contribution in [1.29, 1.82) is 0 Å². The highest BCUT2D eigenvalue weighted by atomic mass is 32.2. The molecule has 0 aromatic heterocycles. The second-order valence-electron chi connectivity index (χ2n) is 7.66. The minimum Gasteiger partial charge on any atom is -0.158 e. The van der Waals surface area contributed by atoms with Crippen molar-refractivity contribution in [3.05, 3.63) is 0 Å². The van der Waals surface area contributed by atoms with Crippen molar-refractivity contribution >= 4 is 11.8 Å². The molecule has 0 N–H and O–H groups in total. The Morgan fingerprint density at radius 2 is 1.53 bits per heavy atom. The Labute approximate surface area is 125 Å². The summed E-state index contributed by atoms with van der Waals surface area (Å²) >= 11 is 2.31.